The second-order valence-corrected chi connectivity index (χ2v) is 6.57. The van der Waals surface area contributed by atoms with Crippen molar-refractivity contribution in [2.75, 3.05) is 0 Å². The van der Waals surface area contributed by atoms with Gasteiger partial charge in [0.05, 0.1) is 5.60 Å². The molecule has 0 amide bonds. The minimum Gasteiger partial charge on any atom is -0.385 e. The van der Waals surface area contributed by atoms with Crippen molar-refractivity contribution in [3.8, 4) is 0 Å². The summed E-state index contributed by atoms with van der Waals surface area (Å²) in [5, 5.41) is 11.3. The molecule has 110 valence electrons. The van der Waals surface area contributed by atoms with E-state index >= 15 is 0 Å². The van der Waals surface area contributed by atoms with Gasteiger partial charge in [0.1, 0.15) is 0 Å². The molecule has 1 aliphatic rings. The van der Waals surface area contributed by atoms with Crippen LogP contribution in [0.3, 0.4) is 0 Å². The first-order chi connectivity index (χ1) is 10.1. The topological polar surface area (TPSA) is 20.2 Å². The molecule has 0 aromatic heterocycles. The monoisotopic (exact) mass is 280 g/mol. The highest BCUT2D eigenvalue weighted by atomic mass is 16.3. The maximum atomic E-state index is 11.3. The zero-order valence-electron chi connectivity index (χ0n) is 13.0. The normalized spacial score (nSPS) is 21.7. The van der Waals surface area contributed by atoms with Crippen molar-refractivity contribution in [1.29, 1.82) is 0 Å². The zero-order valence-corrected chi connectivity index (χ0v) is 13.0. The fourth-order valence-corrected chi connectivity index (χ4v) is 3.75. The molecule has 0 heterocycles. The van der Waals surface area contributed by atoms with E-state index in [0.29, 0.717) is 6.42 Å². The van der Waals surface area contributed by atoms with E-state index in [1.807, 2.05) is 0 Å². The summed E-state index contributed by atoms with van der Waals surface area (Å²) in [5.74, 6) is 0. The van der Waals surface area contributed by atoms with E-state index in [2.05, 4.69) is 56.3 Å². The lowest BCUT2D eigenvalue weighted by molar-refractivity contribution is 0.0272. The highest BCUT2D eigenvalue weighted by molar-refractivity contribution is 5.37. The van der Waals surface area contributed by atoms with Crippen LogP contribution in [0.25, 0.3) is 0 Å². The van der Waals surface area contributed by atoms with Crippen molar-refractivity contribution in [2.45, 2.75) is 51.6 Å². The first-order valence-electron chi connectivity index (χ1n) is 7.95. The standard InChI is InChI=1S/C20H24O/c1-15-11-16(2)13-17(12-15)14-20(21)10-6-5-8-18-7-3-4-9-19(18)20/h3-4,7,9,11-13,21H,5-6,8,10,14H2,1-2H3. The quantitative estimate of drug-likeness (QED) is 0.805. The van der Waals surface area contributed by atoms with Gasteiger partial charge in [-0.2, -0.15) is 0 Å². The lowest BCUT2D eigenvalue weighted by Gasteiger charge is -2.29. The molecule has 1 heteroatoms. The van der Waals surface area contributed by atoms with E-state index in [1.54, 1.807) is 0 Å². The summed E-state index contributed by atoms with van der Waals surface area (Å²) in [7, 11) is 0. The molecule has 1 atom stereocenters. The van der Waals surface area contributed by atoms with Crippen LogP contribution in [0.5, 0.6) is 0 Å². The fraction of sp³-hybridized carbons (Fsp3) is 0.400. The highest BCUT2D eigenvalue weighted by Gasteiger charge is 2.32. The van der Waals surface area contributed by atoms with Crippen LogP contribution in [0.2, 0.25) is 0 Å². The molecule has 1 nitrogen and oxygen atoms in total. The fourth-order valence-electron chi connectivity index (χ4n) is 3.75. The largest absolute Gasteiger partial charge is 0.385 e. The van der Waals surface area contributed by atoms with Crippen molar-refractivity contribution >= 4 is 0 Å². The number of fused-ring (bicyclic) bond motifs is 1. The molecular formula is C20H24O. The van der Waals surface area contributed by atoms with Gasteiger partial charge in [-0.3, -0.25) is 0 Å². The Hall–Kier alpha value is -1.60. The third-order valence-corrected chi connectivity index (χ3v) is 4.58. The predicted molar refractivity (Wildman–Crippen MR) is 87.5 cm³/mol. The van der Waals surface area contributed by atoms with E-state index in [1.165, 1.54) is 28.7 Å². The summed E-state index contributed by atoms with van der Waals surface area (Å²) in [5.41, 5.74) is 5.54. The molecule has 0 saturated carbocycles. The minimum absolute atomic E-state index is 0.715. The van der Waals surface area contributed by atoms with Gasteiger partial charge < -0.3 is 5.11 Å². The third kappa shape index (κ3) is 3.03. The van der Waals surface area contributed by atoms with Crippen molar-refractivity contribution < 1.29 is 5.11 Å². The zero-order chi connectivity index (χ0) is 14.9. The van der Waals surface area contributed by atoms with Gasteiger partial charge in [-0.05, 0) is 56.2 Å². The van der Waals surface area contributed by atoms with Crippen LogP contribution in [0.4, 0.5) is 0 Å². The van der Waals surface area contributed by atoms with Gasteiger partial charge in [-0.15, -0.1) is 0 Å². The summed E-state index contributed by atoms with van der Waals surface area (Å²) >= 11 is 0. The predicted octanol–water partition coefficient (Wildman–Crippen LogP) is 4.46. The van der Waals surface area contributed by atoms with Gasteiger partial charge >= 0.3 is 0 Å². The molecule has 0 bridgehead atoms. The third-order valence-electron chi connectivity index (χ3n) is 4.58. The van der Waals surface area contributed by atoms with Crippen LogP contribution >= 0.6 is 0 Å². The maximum Gasteiger partial charge on any atom is 0.0939 e. The number of rotatable bonds is 2. The molecule has 1 N–H and O–H groups in total. The van der Waals surface area contributed by atoms with Crippen LogP contribution in [-0.2, 0) is 18.4 Å². The van der Waals surface area contributed by atoms with Crippen LogP contribution in [0, 0.1) is 13.8 Å². The van der Waals surface area contributed by atoms with Gasteiger partial charge in [0.2, 0.25) is 0 Å². The van der Waals surface area contributed by atoms with Crippen LogP contribution in [-0.4, -0.2) is 5.11 Å². The molecule has 21 heavy (non-hydrogen) atoms. The Balaban J connectivity index is 1.99. The van der Waals surface area contributed by atoms with Gasteiger partial charge in [-0.25, -0.2) is 0 Å². The maximum absolute atomic E-state index is 11.3. The number of hydrogen-bond donors (Lipinski definition) is 1. The lowest BCUT2D eigenvalue weighted by atomic mass is 9.82. The second kappa shape index (κ2) is 5.65. The van der Waals surface area contributed by atoms with E-state index in [-0.39, 0.29) is 0 Å². The average Bonchev–Trinajstić information content (AvgIpc) is 2.58. The Morgan fingerprint density at radius 1 is 1.00 bits per heavy atom. The molecular weight excluding hydrogens is 256 g/mol. The van der Waals surface area contributed by atoms with E-state index < -0.39 is 5.60 Å². The minimum atomic E-state index is -0.715. The molecule has 0 saturated heterocycles. The van der Waals surface area contributed by atoms with E-state index in [0.717, 1.165) is 24.8 Å². The molecule has 3 rings (SSSR count). The van der Waals surface area contributed by atoms with Crippen LogP contribution < -0.4 is 0 Å². The molecule has 2 aromatic carbocycles. The summed E-state index contributed by atoms with van der Waals surface area (Å²) in [6, 6.07) is 15.0. The molecule has 0 radical (unpaired) electrons. The van der Waals surface area contributed by atoms with E-state index in [4.69, 9.17) is 0 Å². The first-order valence-corrected chi connectivity index (χ1v) is 7.95. The smallest absolute Gasteiger partial charge is 0.0939 e. The Bertz CT molecular complexity index is 624. The molecule has 2 aromatic rings. The average molecular weight is 280 g/mol. The molecule has 1 unspecified atom stereocenters. The SMILES string of the molecule is Cc1cc(C)cc(CC2(O)CCCCc3ccccc32)c1. The van der Waals surface area contributed by atoms with E-state index in [9.17, 15) is 5.11 Å². The molecule has 0 aliphatic heterocycles. The number of aryl methyl sites for hydroxylation is 3. The summed E-state index contributed by atoms with van der Waals surface area (Å²) in [6.07, 6.45) is 4.93. The number of aliphatic hydroxyl groups is 1. The summed E-state index contributed by atoms with van der Waals surface area (Å²) in [6.45, 7) is 4.25. The van der Waals surface area contributed by atoms with Crippen LogP contribution in [0.1, 0.15) is 47.1 Å². The van der Waals surface area contributed by atoms with Gasteiger partial charge in [0, 0.05) is 6.42 Å². The first kappa shape index (κ1) is 14.3. The highest BCUT2D eigenvalue weighted by Crippen LogP contribution is 2.37. The molecule has 0 spiro atoms. The Morgan fingerprint density at radius 2 is 1.71 bits per heavy atom. The number of hydrogen-bond acceptors (Lipinski definition) is 1. The van der Waals surface area contributed by atoms with Crippen molar-refractivity contribution in [2.24, 2.45) is 0 Å². The Morgan fingerprint density at radius 3 is 2.48 bits per heavy atom. The molecule has 0 fully saturated rings. The van der Waals surface area contributed by atoms with Crippen molar-refractivity contribution in [3.63, 3.8) is 0 Å². The van der Waals surface area contributed by atoms with Crippen LogP contribution in [0.15, 0.2) is 42.5 Å². The second-order valence-electron chi connectivity index (χ2n) is 6.57. The van der Waals surface area contributed by atoms with Crippen molar-refractivity contribution in [1.82, 2.24) is 0 Å². The Labute approximate surface area is 127 Å². The van der Waals surface area contributed by atoms with Crippen molar-refractivity contribution in [3.05, 3.63) is 70.3 Å². The summed E-state index contributed by atoms with van der Waals surface area (Å²) < 4.78 is 0. The lowest BCUT2D eigenvalue weighted by Crippen LogP contribution is -2.29. The van der Waals surface area contributed by atoms with Gasteiger partial charge in [0.25, 0.3) is 0 Å². The summed E-state index contributed by atoms with van der Waals surface area (Å²) in [4.78, 5) is 0. The number of benzene rings is 2. The van der Waals surface area contributed by atoms with Gasteiger partial charge in [-0.1, -0.05) is 53.6 Å². The molecule has 1 aliphatic carbocycles. The Kier molecular flexibility index (Phi) is 3.86. The van der Waals surface area contributed by atoms with Gasteiger partial charge in [0.15, 0.2) is 0 Å².